The average molecular weight is 331 g/mol. The van der Waals surface area contributed by atoms with Crippen LogP contribution in [0.1, 0.15) is 103 Å². The number of aliphatic hydroxyl groups excluding tert-OH is 1. The van der Waals surface area contributed by atoms with Crippen LogP contribution >= 0.6 is 12.4 Å². The van der Waals surface area contributed by atoms with Crippen molar-refractivity contribution in [2.75, 3.05) is 0 Å². The van der Waals surface area contributed by atoms with E-state index in [1.165, 1.54) is 96.2 Å². The van der Waals surface area contributed by atoms with E-state index >= 15 is 0 Å². The normalized spacial score (nSPS) is 21.3. The van der Waals surface area contributed by atoms with E-state index in [0.29, 0.717) is 0 Å². The SMILES string of the molecule is CCCCCCCC[C@H]1CCC[C@@H]1CCCCCC=CO.Cl. The monoisotopic (exact) mass is 330 g/mol. The molecule has 2 heteroatoms. The second-order valence-corrected chi connectivity index (χ2v) is 7.03. The maximum atomic E-state index is 8.60. The van der Waals surface area contributed by atoms with Gasteiger partial charge >= 0.3 is 0 Å². The van der Waals surface area contributed by atoms with Crippen molar-refractivity contribution in [3.8, 4) is 0 Å². The summed E-state index contributed by atoms with van der Waals surface area (Å²) in [6, 6.07) is 0. The predicted octanol–water partition coefficient (Wildman–Crippen LogP) is 7.60. The van der Waals surface area contributed by atoms with Crippen molar-refractivity contribution in [3.63, 3.8) is 0 Å². The third-order valence-corrected chi connectivity index (χ3v) is 5.30. The van der Waals surface area contributed by atoms with Crippen LogP contribution in [0.5, 0.6) is 0 Å². The molecule has 0 aromatic rings. The average Bonchev–Trinajstić information content (AvgIpc) is 2.94. The summed E-state index contributed by atoms with van der Waals surface area (Å²) in [4.78, 5) is 0. The minimum Gasteiger partial charge on any atom is -0.516 e. The van der Waals surface area contributed by atoms with Gasteiger partial charge in [0.2, 0.25) is 0 Å². The van der Waals surface area contributed by atoms with Gasteiger partial charge in [0, 0.05) is 0 Å². The van der Waals surface area contributed by atoms with Gasteiger partial charge < -0.3 is 5.11 Å². The lowest BCUT2D eigenvalue weighted by Crippen LogP contribution is -2.08. The lowest BCUT2D eigenvalue weighted by molar-refractivity contribution is 0.323. The van der Waals surface area contributed by atoms with Crippen LogP contribution in [0.15, 0.2) is 12.3 Å². The molecule has 0 heterocycles. The maximum absolute atomic E-state index is 8.60. The van der Waals surface area contributed by atoms with Crippen LogP contribution in [0.4, 0.5) is 0 Å². The van der Waals surface area contributed by atoms with E-state index in [4.69, 9.17) is 5.11 Å². The van der Waals surface area contributed by atoms with Crippen LogP contribution < -0.4 is 0 Å². The third kappa shape index (κ3) is 10.5. The quantitative estimate of drug-likeness (QED) is 0.272. The molecule has 1 rings (SSSR count). The van der Waals surface area contributed by atoms with Crippen molar-refractivity contribution >= 4 is 12.4 Å². The fourth-order valence-electron chi connectivity index (χ4n) is 3.98. The molecular formula is C20H39ClO. The van der Waals surface area contributed by atoms with E-state index in [9.17, 15) is 0 Å². The van der Waals surface area contributed by atoms with Crippen LogP contribution in [0.3, 0.4) is 0 Å². The summed E-state index contributed by atoms with van der Waals surface area (Å²) in [5.41, 5.74) is 0. The molecule has 0 radical (unpaired) electrons. The molecule has 0 bridgehead atoms. The lowest BCUT2D eigenvalue weighted by Gasteiger charge is -2.19. The largest absolute Gasteiger partial charge is 0.516 e. The highest BCUT2D eigenvalue weighted by Crippen LogP contribution is 2.38. The summed E-state index contributed by atoms with van der Waals surface area (Å²) in [7, 11) is 0. The first-order valence-corrected chi connectivity index (χ1v) is 9.67. The molecule has 1 saturated carbocycles. The Morgan fingerprint density at radius 3 is 1.95 bits per heavy atom. The molecule has 1 nitrogen and oxygen atoms in total. The molecule has 0 aromatic heterocycles. The van der Waals surface area contributed by atoms with Gasteiger partial charge in [-0.1, -0.05) is 96.5 Å². The first kappa shape index (κ1) is 21.8. The Morgan fingerprint density at radius 2 is 1.36 bits per heavy atom. The number of hydrogen-bond donors (Lipinski definition) is 1. The highest BCUT2D eigenvalue weighted by Gasteiger charge is 2.25. The van der Waals surface area contributed by atoms with Crippen LogP contribution in [0.25, 0.3) is 0 Å². The molecule has 0 aliphatic heterocycles. The van der Waals surface area contributed by atoms with E-state index in [2.05, 4.69) is 6.92 Å². The van der Waals surface area contributed by atoms with Crippen LogP contribution in [-0.4, -0.2) is 5.11 Å². The summed E-state index contributed by atoms with van der Waals surface area (Å²) in [5, 5.41) is 8.60. The molecule has 22 heavy (non-hydrogen) atoms. The molecule has 0 aromatic carbocycles. The Kier molecular flexibility index (Phi) is 15.6. The summed E-state index contributed by atoms with van der Waals surface area (Å²) < 4.78 is 0. The van der Waals surface area contributed by atoms with Gasteiger partial charge in [-0.25, -0.2) is 0 Å². The number of allylic oxidation sites excluding steroid dienone is 1. The van der Waals surface area contributed by atoms with Gasteiger partial charge in [0.05, 0.1) is 6.26 Å². The maximum Gasteiger partial charge on any atom is 0.0751 e. The zero-order chi connectivity index (χ0) is 15.2. The number of hydrogen-bond acceptors (Lipinski definition) is 1. The van der Waals surface area contributed by atoms with E-state index in [1.807, 2.05) is 6.08 Å². The summed E-state index contributed by atoms with van der Waals surface area (Å²) in [5.74, 6) is 2.09. The van der Waals surface area contributed by atoms with Gasteiger partial charge in [0.25, 0.3) is 0 Å². The Bertz CT molecular complexity index is 252. The number of unbranched alkanes of at least 4 members (excludes halogenated alkanes) is 8. The Balaban J connectivity index is 0.00000441. The predicted molar refractivity (Wildman–Crippen MR) is 101 cm³/mol. The van der Waals surface area contributed by atoms with E-state index in [-0.39, 0.29) is 12.4 Å². The van der Waals surface area contributed by atoms with Crippen molar-refractivity contribution in [2.24, 2.45) is 11.8 Å². The molecule has 1 fully saturated rings. The van der Waals surface area contributed by atoms with Gasteiger partial charge in [-0.3, -0.25) is 0 Å². The Hall–Kier alpha value is -0.170. The van der Waals surface area contributed by atoms with Crippen LogP contribution in [0, 0.1) is 11.8 Å². The van der Waals surface area contributed by atoms with Crippen molar-refractivity contribution in [3.05, 3.63) is 12.3 Å². The first-order chi connectivity index (χ1) is 10.4. The molecule has 0 unspecified atom stereocenters. The highest BCUT2D eigenvalue weighted by molar-refractivity contribution is 5.85. The summed E-state index contributed by atoms with van der Waals surface area (Å²) in [6.07, 6.45) is 24.2. The topological polar surface area (TPSA) is 20.2 Å². The smallest absolute Gasteiger partial charge is 0.0751 e. The Labute approximate surface area is 145 Å². The van der Waals surface area contributed by atoms with Gasteiger partial charge in [-0.15, -0.1) is 12.4 Å². The van der Waals surface area contributed by atoms with Crippen molar-refractivity contribution in [2.45, 2.75) is 103 Å². The Morgan fingerprint density at radius 1 is 0.818 bits per heavy atom. The van der Waals surface area contributed by atoms with Gasteiger partial charge in [-0.05, 0) is 24.7 Å². The zero-order valence-electron chi connectivity index (χ0n) is 14.8. The van der Waals surface area contributed by atoms with Gasteiger partial charge in [0.1, 0.15) is 0 Å². The molecular weight excluding hydrogens is 292 g/mol. The van der Waals surface area contributed by atoms with Crippen LogP contribution in [-0.2, 0) is 0 Å². The van der Waals surface area contributed by atoms with Gasteiger partial charge in [0.15, 0.2) is 0 Å². The van der Waals surface area contributed by atoms with Crippen molar-refractivity contribution in [1.29, 1.82) is 0 Å². The van der Waals surface area contributed by atoms with E-state index < -0.39 is 0 Å². The minimum atomic E-state index is 0. The molecule has 0 saturated heterocycles. The number of aliphatic hydroxyl groups is 1. The summed E-state index contributed by atoms with van der Waals surface area (Å²) in [6.45, 7) is 2.29. The van der Waals surface area contributed by atoms with Crippen molar-refractivity contribution in [1.82, 2.24) is 0 Å². The first-order valence-electron chi connectivity index (χ1n) is 9.67. The number of rotatable bonds is 13. The lowest BCUT2D eigenvalue weighted by atomic mass is 9.87. The van der Waals surface area contributed by atoms with Crippen LogP contribution in [0.2, 0.25) is 0 Å². The molecule has 132 valence electrons. The molecule has 1 N–H and O–H groups in total. The fourth-order valence-corrected chi connectivity index (χ4v) is 3.98. The van der Waals surface area contributed by atoms with Gasteiger partial charge in [-0.2, -0.15) is 0 Å². The molecule has 0 amide bonds. The standard InChI is InChI=1S/C20H38O.ClH/c1-2-3-4-5-7-10-14-19-16-13-17-20(19)15-11-8-6-9-12-18-21;/h12,18-21H,2-11,13-17H2,1H3;1H/t19-,20-;/m0./s1. The highest BCUT2D eigenvalue weighted by atomic mass is 35.5. The second kappa shape index (κ2) is 15.7. The fraction of sp³-hybridized carbons (Fsp3) is 0.900. The number of halogens is 1. The van der Waals surface area contributed by atoms with Crippen molar-refractivity contribution < 1.29 is 5.11 Å². The molecule has 0 spiro atoms. The second-order valence-electron chi connectivity index (χ2n) is 7.03. The summed E-state index contributed by atoms with van der Waals surface area (Å²) >= 11 is 0. The third-order valence-electron chi connectivity index (χ3n) is 5.30. The molecule has 2 atom stereocenters. The molecule has 1 aliphatic carbocycles. The molecule has 1 aliphatic rings. The zero-order valence-corrected chi connectivity index (χ0v) is 15.6. The van der Waals surface area contributed by atoms with E-state index in [1.54, 1.807) is 0 Å². The van der Waals surface area contributed by atoms with E-state index in [0.717, 1.165) is 18.3 Å². The minimum absolute atomic E-state index is 0.